The zero-order valence-corrected chi connectivity index (χ0v) is 16.4. The first-order valence-corrected chi connectivity index (χ1v) is 9.45. The zero-order chi connectivity index (χ0) is 20.2. The zero-order valence-electron chi connectivity index (χ0n) is 16.4. The van der Waals surface area contributed by atoms with Gasteiger partial charge >= 0.3 is 0 Å². The number of methoxy groups -OCH3 is 1. The van der Waals surface area contributed by atoms with Crippen LogP contribution in [0.3, 0.4) is 0 Å². The molecule has 1 aliphatic rings. The lowest BCUT2D eigenvalue weighted by Gasteiger charge is -2.24. The topological polar surface area (TPSA) is 77.5 Å². The van der Waals surface area contributed by atoms with Crippen LogP contribution in [0, 0.1) is 12.7 Å². The van der Waals surface area contributed by atoms with E-state index in [0.717, 1.165) is 29.7 Å². The molecule has 4 rings (SSSR count). The van der Waals surface area contributed by atoms with E-state index in [0.29, 0.717) is 36.0 Å². The van der Waals surface area contributed by atoms with Crippen molar-refractivity contribution in [1.82, 2.24) is 15.3 Å². The maximum Gasteiger partial charge on any atom is 0.163 e. The number of benzene rings is 2. The van der Waals surface area contributed by atoms with E-state index in [9.17, 15) is 4.39 Å². The predicted molar refractivity (Wildman–Crippen MR) is 109 cm³/mol. The summed E-state index contributed by atoms with van der Waals surface area (Å²) in [5.41, 5.74) is 2.26. The van der Waals surface area contributed by atoms with Gasteiger partial charge in [0.05, 0.1) is 19.2 Å². The number of hydrogen-bond acceptors (Lipinski definition) is 7. The monoisotopic (exact) mass is 398 g/mol. The number of rotatable bonds is 6. The Morgan fingerprint density at radius 2 is 2.14 bits per heavy atom. The van der Waals surface area contributed by atoms with Gasteiger partial charge < -0.3 is 24.8 Å². The molecule has 3 aromatic rings. The highest BCUT2D eigenvalue weighted by Crippen LogP contribution is 2.35. The second-order valence-corrected chi connectivity index (χ2v) is 6.83. The van der Waals surface area contributed by atoms with Gasteiger partial charge in [0.2, 0.25) is 0 Å². The van der Waals surface area contributed by atoms with Gasteiger partial charge in [-0.2, -0.15) is 0 Å². The van der Waals surface area contributed by atoms with Gasteiger partial charge in [-0.25, -0.2) is 14.4 Å². The summed E-state index contributed by atoms with van der Waals surface area (Å²) in [6.45, 7) is 4.54. The Balaban J connectivity index is 1.62. The second-order valence-electron chi connectivity index (χ2n) is 6.83. The second kappa shape index (κ2) is 8.59. The summed E-state index contributed by atoms with van der Waals surface area (Å²) in [6, 6.07) is 8.24. The van der Waals surface area contributed by atoms with E-state index in [4.69, 9.17) is 14.2 Å². The molecular weight excluding hydrogens is 375 g/mol. The Bertz CT molecular complexity index is 1010. The lowest BCUT2D eigenvalue weighted by molar-refractivity contribution is -0.000235. The van der Waals surface area contributed by atoms with Crippen LogP contribution in [0.1, 0.15) is 5.56 Å². The van der Waals surface area contributed by atoms with Gasteiger partial charge in [-0.05, 0) is 36.8 Å². The molecule has 1 atom stereocenters. The average molecular weight is 398 g/mol. The molecule has 1 aromatic heterocycles. The Hall–Kier alpha value is -2.97. The molecule has 0 bridgehead atoms. The molecule has 152 valence electrons. The number of fused-ring (bicyclic) bond motifs is 1. The summed E-state index contributed by atoms with van der Waals surface area (Å²) < 4.78 is 30.5. The standard InChI is InChI=1S/C21H23FN4O3/c1-13-7-14(22)3-4-17(13)26-21-16-8-19(27-2)20(9-18(16)24-12-25-21)29-11-15-10-23-5-6-28-15/h3-4,7-9,12,15,23H,5-6,10-11H2,1-2H3,(H,24,25,26). The molecule has 8 heteroatoms. The molecule has 2 heterocycles. The SMILES string of the molecule is COc1cc2c(Nc3ccc(F)cc3C)ncnc2cc1OCC1CNCCO1. The molecule has 7 nitrogen and oxygen atoms in total. The van der Waals surface area contributed by atoms with Gasteiger partial charge in [0.25, 0.3) is 0 Å². The van der Waals surface area contributed by atoms with Crippen LogP contribution in [0.2, 0.25) is 0 Å². The molecule has 1 aliphatic heterocycles. The molecule has 29 heavy (non-hydrogen) atoms. The lowest BCUT2D eigenvalue weighted by Crippen LogP contribution is -2.41. The van der Waals surface area contributed by atoms with Gasteiger partial charge in [0, 0.05) is 30.2 Å². The van der Waals surface area contributed by atoms with E-state index in [2.05, 4.69) is 20.6 Å². The third kappa shape index (κ3) is 4.38. The molecule has 1 unspecified atom stereocenters. The van der Waals surface area contributed by atoms with Crippen LogP contribution in [-0.2, 0) is 4.74 Å². The van der Waals surface area contributed by atoms with Gasteiger partial charge in [-0.15, -0.1) is 0 Å². The molecule has 2 N–H and O–H groups in total. The average Bonchev–Trinajstić information content (AvgIpc) is 2.74. The number of anilines is 2. The number of halogens is 1. The Morgan fingerprint density at radius 3 is 2.90 bits per heavy atom. The summed E-state index contributed by atoms with van der Waals surface area (Å²) in [6.07, 6.45) is 1.47. The van der Waals surface area contributed by atoms with Gasteiger partial charge in [0.1, 0.15) is 30.7 Å². The Kier molecular flexibility index (Phi) is 5.73. The summed E-state index contributed by atoms with van der Waals surface area (Å²) in [5.74, 6) is 1.50. The normalized spacial score (nSPS) is 16.6. The van der Waals surface area contributed by atoms with Gasteiger partial charge in [0.15, 0.2) is 11.5 Å². The molecule has 0 spiro atoms. The minimum absolute atomic E-state index is 0.00627. The van der Waals surface area contributed by atoms with Crippen LogP contribution in [0.4, 0.5) is 15.9 Å². The van der Waals surface area contributed by atoms with Crippen LogP contribution in [0.15, 0.2) is 36.7 Å². The minimum atomic E-state index is -0.277. The van der Waals surface area contributed by atoms with Crippen molar-refractivity contribution >= 4 is 22.4 Å². The van der Waals surface area contributed by atoms with Crippen molar-refractivity contribution in [1.29, 1.82) is 0 Å². The molecule has 1 saturated heterocycles. The number of aryl methyl sites for hydroxylation is 1. The maximum atomic E-state index is 13.4. The van der Waals surface area contributed by atoms with Crippen LogP contribution >= 0.6 is 0 Å². The first-order valence-electron chi connectivity index (χ1n) is 9.45. The Labute approximate surface area is 168 Å². The molecule has 0 saturated carbocycles. The van der Waals surface area contributed by atoms with E-state index >= 15 is 0 Å². The van der Waals surface area contributed by atoms with Crippen molar-refractivity contribution in [2.75, 3.05) is 38.7 Å². The molecule has 2 aromatic carbocycles. The van der Waals surface area contributed by atoms with Crippen LogP contribution < -0.4 is 20.1 Å². The first kappa shape index (κ1) is 19.4. The number of aromatic nitrogens is 2. The maximum absolute atomic E-state index is 13.4. The molecule has 0 amide bonds. The third-order valence-electron chi connectivity index (χ3n) is 4.79. The molecule has 1 fully saturated rings. The van der Waals surface area contributed by atoms with Gasteiger partial charge in [-0.3, -0.25) is 0 Å². The van der Waals surface area contributed by atoms with E-state index in [1.54, 1.807) is 13.2 Å². The van der Waals surface area contributed by atoms with E-state index < -0.39 is 0 Å². The Morgan fingerprint density at radius 1 is 1.24 bits per heavy atom. The van der Waals surface area contributed by atoms with E-state index in [1.165, 1.54) is 18.5 Å². The lowest BCUT2D eigenvalue weighted by atomic mass is 10.1. The fraction of sp³-hybridized carbons (Fsp3) is 0.333. The number of nitrogens with zero attached hydrogens (tertiary/aromatic N) is 2. The van der Waals surface area contributed by atoms with Crippen LogP contribution in [0.25, 0.3) is 10.9 Å². The summed E-state index contributed by atoms with van der Waals surface area (Å²) in [5, 5.41) is 7.31. The highest BCUT2D eigenvalue weighted by molar-refractivity contribution is 5.93. The largest absolute Gasteiger partial charge is 0.493 e. The fourth-order valence-corrected chi connectivity index (χ4v) is 3.24. The summed E-state index contributed by atoms with van der Waals surface area (Å²) in [7, 11) is 1.59. The van der Waals surface area contributed by atoms with Crippen molar-refractivity contribution in [3.05, 3.63) is 48.0 Å². The van der Waals surface area contributed by atoms with Crippen LogP contribution in [0.5, 0.6) is 11.5 Å². The number of ether oxygens (including phenoxy) is 3. The summed E-state index contributed by atoms with van der Waals surface area (Å²) in [4.78, 5) is 8.71. The molecule has 0 radical (unpaired) electrons. The third-order valence-corrected chi connectivity index (χ3v) is 4.79. The predicted octanol–water partition coefficient (Wildman–Crippen LogP) is 3.20. The number of morpholine rings is 1. The number of hydrogen-bond donors (Lipinski definition) is 2. The molecule has 0 aliphatic carbocycles. The van der Waals surface area contributed by atoms with E-state index in [-0.39, 0.29) is 11.9 Å². The summed E-state index contributed by atoms with van der Waals surface area (Å²) >= 11 is 0. The highest BCUT2D eigenvalue weighted by atomic mass is 19.1. The number of nitrogens with one attached hydrogen (secondary N) is 2. The smallest absolute Gasteiger partial charge is 0.163 e. The van der Waals surface area contributed by atoms with Gasteiger partial charge in [-0.1, -0.05) is 0 Å². The molecular formula is C21H23FN4O3. The first-order chi connectivity index (χ1) is 14.1. The van der Waals surface area contributed by atoms with Crippen molar-refractivity contribution < 1.29 is 18.6 Å². The highest BCUT2D eigenvalue weighted by Gasteiger charge is 2.17. The quantitative estimate of drug-likeness (QED) is 0.660. The van der Waals surface area contributed by atoms with E-state index in [1.807, 2.05) is 19.1 Å². The fourth-order valence-electron chi connectivity index (χ4n) is 3.24. The van der Waals surface area contributed by atoms with Crippen molar-refractivity contribution in [3.63, 3.8) is 0 Å². The van der Waals surface area contributed by atoms with Crippen LogP contribution in [-0.4, -0.2) is 49.5 Å². The van der Waals surface area contributed by atoms with Crippen molar-refractivity contribution in [2.24, 2.45) is 0 Å². The minimum Gasteiger partial charge on any atom is -0.493 e. The van der Waals surface area contributed by atoms with Crippen molar-refractivity contribution in [3.8, 4) is 11.5 Å². The van der Waals surface area contributed by atoms with Crippen molar-refractivity contribution in [2.45, 2.75) is 13.0 Å².